The second-order valence-electron chi connectivity index (χ2n) is 7.19. The topological polar surface area (TPSA) is 86.5 Å². The lowest BCUT2D eigenvalue weighted by atomic mass is 10.0. The van der Waals surface area contributed by atoms with Gasteiger partial charge in [0.2, 0.25) is 0 Å². The van der Waals surface area contributed by atoms with Gasteiger partial charge in [-0.3, -0.25) is 4.57 Å². The SMILES string of the molecule is O=P(O)(O)c1ccc(-c2ccc(N(c3ccccc3)c3ccccc3)cc2)c2nsnc12. The van der Waals surface area contributed by atoms with E-state index in [-0.39, 0.29) is 10.8 Å². The number of rotatable bonds is 5. The van der Waals surface area contributed by atoms with Gasteiger partial charge in [0, 0.05) is 22.6 Å². The molecule has 1 aromatic heterocycles. The number of nitrogens with zero attached hydrogens (tertiary/aromatic N) is 3. The van der Waals surface area contributed by atoms with E-state index in [2.05, 4.69) is 37.9 Å². The molecule has 32 heavy (non-hydrogen) atoms. The number of benzene rings is 4. The summed E-state index contributed by atoms with van der Waals surface area (Å²) in [6.07, 6.45) is 0. The summed E-state index contributed by atoms with van der Waals surface area (Å²) in [5, 5.41) is -0.0963. The van der Waals surface area contributed by atoms with Crippen molar-refractivity contribution in [2.45, 2.75) is 0 Å². The van der Waals surface area contributed by atoms with Gasteiger partial charge in [-0.1, -0.05) is 54.6 Å². The number of hydrogen-bond donors (Lipinski definition) is 2. The molecule has 0 aliphatic carbocycles. The van der Waals surface area contributed by atoms with Crippen molar-refractivity contribution >= 4 is 52.7 Å². The Bertz CT molecular complexity index is 1380. The Morgan fingerprint density at radius 2 is 1.19 bits per heavy atom. The number of fused-ring (bicyclic) bond motifs is 1. The van der Waals surface area contributed by atoms with Crippen LogP contribution in [0.3, 0.4) is 0 Å². The van der Waals surface area contributed by atoms with Gasteiger partial charge in [-0.2, -0.15) is 8.75 Å². The minimum Gasteiger partial charge on any atom is -0.321 e. The van der Waals surface area contributed by atoms with E-state index in [0.717, 1.165) is 39.9 Å². The van der Waals surface area contributed by atoms with Crippen molar-refractivity contribution in [3.63, 3.8) is 0 Å². The highest BCUT2D eigenvalue weighted by Gasteiger charge is 2.24. The Kier molecular flexibility index (Phi) is 5.33. The maximum Gasteiger partial charge on any atom is 0.358 e. The summed E-state index contributed by atoms with van der Waals surface area (Å²) in [6.45, 7) is 0. The van der Waals surface area contributed by atoms with Crippen LogP contribution in [0, 0.1) is 0 Å². The summed E-state index contributed by atoms with van der Waals surface area (Å²) in [4.78, 5) is 21.4. The minimum absolute atomic E-state index is 0.0963. The average molecular weight is 459 g/mol. The van der Waals surface area contributed by atoms with Crippen LogP contribution in [0.1, 0.15) is 0 Å². The predicted octanol–water partition coefficient (Wildman–Crippen LogP) is 5.63. The molecule has 0 unspecified atom stereocenters. The maximum atomic E-state index is 11.8. The molecule has 0 aliphatic rings. The molecule has 4 aromatic carbocycles. The molecule has 1 heterocycles. The Labute approximate surface area is 188 Å². The van der Waals surface area contributed by atoms with Crippen molar-refractivity contribution in [3.05, 3.63) is 97.1 Å². The quantitative estimate of drug-likeness (QED) is 0.331. The van der Waals surface area contributed by atoms with Crippen LogP contribution in [0.4, 0.5) is 17.1 Å². The lowest BCUT2D eigenvalue weighted by Gasteiger charge is -2.25. The molecule has 0 bridgehead atoms. The Morgan fingerprint density at radius 1 is 0.656 bits per heavy atom. The van der Waals surface area contributed by atoms with Gasteiger partial charge in [0.05, 0.1) is 17.0 Å². The summed E-state index contributed by atoms with van der Waals surface area (Å²) in [7, 11) is -4.43. The third kappa shape index (κ3) is 3.83. The van der Waals surface area contributed by atoms with Crippen LogP contribution in [-0.4, -0.2) is 18.5 Å². The fourth-order valence-corrected chi connectivity index (χ4v) is 5.05. The second kappa shape index (κ2) is 8.30. The first-order chi connectivity index (χ1) is 15.5. The minimum atomic E-state index is -4.43. The molecule has 0 spiro atoms. The monoisotopic (exact) mass is 459 g/mol. The molecule has 158 valence electrons. The fraction of sp³-hybridized carbons (Fsp3) is 0. The Balaban J connectivity index is 1.58. The zero-order chi connectivity index (χ0) is 22.1. The number of hydrogen-bond acceptors (Lipinski definition) is 5. The van der Waals surface area contributed by atoms with Gasteiger partial charge >= 0.3 is 7.60 Å². The third-order valence-corrected chi connectivity index (χ3v) is 6.69. The summed E-state index contributed by atoms with van der Waals surface area (Å²) < 4.78 is 20.2. The summed E-state index contributed by atoms with van der Waals surface area (Å²) >= 11 is 0.943. The molecule has 0 atom stereocenters. The van der Waals surface area contributed by atoms with Crippen molar-refractivity contribution in [2.24, 2.45) is 0 Å². The van der Waals surface area contributed by atoms with Gasteiger partial charge in [0.15, 0.2) is 0 Å². The van der Waals surface area contributed by atoms with Gasteiger partial charge in [-0.25, -0.2) is 0 Å². The second-order valence-corrected chi connectivity index (χ2v) is 9.29. The predicted molar refractivity (Wildman–Crippen MR) is 129 cm³/mol. The van der Waals surface area contributed by atoms with Crippen molar-refractivity contribution in [1.29, 1.82) is 0 Å². The number of para-hydroxylation sites is 2. The van der Waals surface area contributed by atoms with E-state index in [1.807, 2.05) is 60.7 Å². The fourth-order valence-electron chi connectivity index (χ4n) is 3.71. The van der Waals surface area contributed by atoms with E-state index in [0.29, 0.717) is 5.52 Å². The zero-order valence-corrected chi connectivity index (χ0v) is 18.4. The Morgan fingerprint density at radius 3 is 1.75 bits per heavy atom. The van der Waals surface area contributed by atoms with Crippen molar-refractivity contribution in [3.8, 4) is 11.1 Å². The molecule has 5 rings (SSSR count). The zero-order valence-electron chi connectivity index (χ0n) is 16.7. The molecular formula is C24H18N3O3PS. The van der Waals surface area contributed by atoms with Gasteiger partial charge in [-0.15, -0.1) is 0 Å². The van der Waals surface area contributed by atoms with E-state index >= 15 is 0 Å². The number of aromatic nitrogens is 2. The van der Waals surface area contributed by atoms with Crippen LogP contribution in [0.15, 0.2) is 97.1 Å². The molecule has 0 aliphatic heterocycles. The van der Waals surface area contributed by atoms with Crippen molar-refractivity contribution < 1.29 is 14.4 Å². The van der Waals surface area contributed by atoms with Gasteiger partial charge in [-0.05, 0) is 48.0 Å². The molecule has 5 aromatic rings. The summed E-state index contributed by atoms with van der Waals surface area (Å²) in [6, 6.07) is 31.4. The lowest BCUT2D eigenvalue weighted by molar-refractivity contribution is 0.387. The average Bonchev–Trinajstić information content (AvgIpc) is 3.30. The first kappa shape index (κ1) is 20.5. The van der Waals surface area contributed by atoms with Gasteiger partial charge < -0.3 is 14.7 Å². The molecule has 0 amide bonds. The van der Waals surface area contributed by atoms with E-state index in [4.69, 9.17) is 0 Å². The highest BCUT2D eigenvalue weighted by Crippen LogP contribution is 2.39. The molecule has 0 saturated carbocycles. The van der Waals surface area contributed by atoms with E-state index in [1.54, 1.807) is 6.07 Å². The van der Waals surface area contributed by atoms with Crippen molar-refractivity contribution in [2.75, 3.05) is 4.90 Å². The lowest BCUT2D eigenvalue weighted by Crippen LogP contribution is -2.09. The molecular weight excluding hydrogens is 441 g/mol. The van der Waals surface area contributed by atoms with Crippen LogP contribution < -0.4 is 10.2 Å². The van der Waals surface area contributed by atoms with E-state index in [9.17, 15) is 14.4 Å². The van der Waals surface area contributed by atoms with E-state index in [1.165, 1.54) is 6.07 Å². The maximum absolute atomic E-state index is 11.8. The normalized spacial score (nSPS) is 11.6. The molecule has 0 fully saturated rings. The van der Waals surface area contributed by atoms with E-state index < -0.39 is 7.60 Å². The van der Waals surface area contributed by atoms with Crippen LogP contribution in [0.5, 0.6) is 0 Å². The summed E-state index contributed by atoms with van der Waals surface area (Å²) in [5.74, 6) is 0. The first-order valence-electron chi connectivity index (χ1n) is 9.84. The van der Waals surface area contributed by atoms with Crippen molar-refractivity contribution in [1.82, 2.24) is 8.75 Å². The van der Waals surface area contributed by atoms with Gasteiger partial charge in [0.25, 0.3) is 0 Å². The molecule has 8 heteroatoms. The number of anilines is 3. The third-order valence-electron chi connectivity index (χ3n) is 5.17. The highest BCUT2D eigenvalue weighted by molar-refractivity contribution is 7.60. The Hall–Kier alpha value is -3.35. The highest BCUT2D eigenvalue weighted by atomic mass is 32.1. The largest absolute Gasteiger partial charge is 0.358 e. The van der Waals surface area contributed by atoms with Crippen LogP contribution in [-0.2, 0) is 4.57 Å². The van der Waals surface area contributed by atoms with Crippen LogP contribution >= 0.6 is 19.3 Å². The van der Waals surface area contributed by atoms with Crippen LogP contribution in [0.25, 0.3) is 22.2 Å². The van der Waals surface area contributed by atoms with Crippen LogP contribution in [0.2, 0.25) is 0 Å². The molecule has 0 saturated heterocycles. The molecule has 2 N–H and O–H groups in total. The first-order valence-corrected chi connectivity index (χ1v) is 12.2. The summed E-state index contributed by atoms with van der Waals surface area (Å²) in [5.41, 5.74) is 5.50. The van der Waals surface area contributed by atoms with Gasteiger partial charge in [0.1, 0.15) is 11.0 Å². The standard InChI is InChI=1S/C24H18N3O3PS/c28-31(29,30)22-16-15-21(23-24(22)26-32-25-23)17-11-13-20(14-12-17)27(18-7-3-1-4-8-18)19-9-5-2-6-10-19/h1-16H,(H2,28,29,30). The molecule has 6 nitrogen and oxygen atoms in total. The molecule has 0 radical (unpaired) electrons. The smallest absolute Gasteiger partial charge is 0.321 e.